The molecule has 0 spiro atoms. The van der Waals surface area contributed by atoms with Crippen molar-refractivity contribution < 1.29 is 4.79 Å². The Morgan fingerprint density at radius 1 is 0.818 bits per heavy atom. The number of aldehydes is 1. The van der Waals surface area contributed by atoms with Gasteiger partial charge in [0.05, 0.1) is 0 Å². The highest BCUT2D eigenvalue weighted by Gasteiger charge is 2.21. The van der Waals surface area contributed by atoms with Crippen molar-refractivity contribution >= 4 is 6.29 Å². The van der Waals surface area contributed by atoms with Gasteiger partial charge in [0.15, 0.2) is 0 Å². The summed E-state index contributed by atoms with van der Waals surface area (Å²) in [6.07, 6.45) is 24.6. The van der Waals surface area contributed by atoms with E-state index in [-0.39, 0.29) is 0 Å². The van der Waals surface area contributed by atoms with Gasteiger partial charge in [0.1, 0.15) is 6.29 Å². The van der Waals surface area contributed by atoms with E-state index in [1.54, 1.807) is 6.08 Å². The van der Waals surface area contributed by atoms with E-state index in [1.807, 2.05) is 6.08 Å². The molecule has 0 amide bonds. The summed E-state index contributed by atoms with van der Waals surface area (Å²) in [6.45, 7) is 2.34. The lowest BCUT2D eigenvalue weighted by atomic mass is 9.78. The number of carbonyl (C=O) groups is 1. The summed E-state index contributed by atoms with van der Waals surface area (Å²) < 4.78 is 0. The summed E-state index contributed by atoms with van der Waals surface area (Å²) in [5.74, 6) is 3.61. The largest absolute Gasteiger partial charge is 0.299 e. The first-order chi connectivity index (χ1) is 10.8. The summed E-state index contributed by atoms with van der Waals surface area (Å²) in [6, 6.07) is 0. The Kier molecular flexibility index (Phi) is 7.98. The van der Waals surface area contributed by atoms with Crippen molar-refractivity contribution in [3.05, 3.63) is 24.3 Å². The quantitative estimate of drug-likeness (QED) is 0.315. The van der Waals surface area contributed by atoms with Gasteiger partial charge in [-0.2, -0.15) is 0 Å². The third kappa shape index (κ3) is 6.10. The van der Waals surface area contributed by atoms with Crippen LogP contribution in [0.15, 0.2) is 24.3 Å². The molecule has 2 saturated carbocycles. The molecule has 0 N–H and O–H groups in total. The summed E-state index contributed by atoms with van der Waals surface area (Å²) in [5, 5.41) is 0. The lowest BCUT2D eigenvalue weighted by Crippen LogP contribution is -2.14. The zero-order valence-electron chi connectivity index (χ0n) is 14.4. The van der Waals surface area contributed by atoms with Gasteiger partial charge in [-0.25, -0.2) is 0 Å². The van der Waals surface area contributed by atoms with Crippen molar-refractivity contribution in [2.75, 3.05) is 0 Å². The molecule has 2 aliphatic carbocycles. The second-order valence-corrected chi connectivity index (χ2v) is 7.50. The molecule has 1 nitrogen and oxygen atoms in total. The molecule has 0 radical (unpaired) electrons. The van der Waals surface area contributed by atoms with Gasteiger partial charge in [-0.3, -0.25) is 4.79 Å². The predicted molar refractivity (Wildman–Crippen MR) is 94.8 cm³/mol. The van der Waals surface area contributed by atoms with Crippen LogP contribution in [0.4, 0.5) is 0 Å². The molecule has 0 aromatic heterocycles. The second kappa shape index (κ2) is 10.0. The lowest BCUT2D eigenvalue weighted by Gasteiger charge is -2.28. The van der Waals surface area contributed by atoms with Crippen LogP contribution in [0.1, 0.15) is 77.6 Å². The molecule has 0 unspecified atom stereocenters. The average molecular weight is 303 g/mol. The standard InChI is InChI=1S/C21H34O/c1-2-18-7-9-20(10-8-18)15-16-21-13-11-19(12-14-21)6-4-3-5-17-22/h3,5,15-21H,2,4,6-14H2,1H3/t18-,19-,20-,21-. The van der Waals surface area contributed by atoms with E-state index in [0.717, 1.165) is 36.4 Å². The zero-order valence-corrected chi connectivity index (χ0v) is 14.4. The molecule has 2 fully saturated rings. The van der Waals surface area contributed by atoms with Crippen LogP contribution >= 0.6 is 0 Å². The van der Waals surface area contributed by atoms with Crippen molar-refractivity contribution in [3.63, 3.8) is 0 Å². The van der Waals surface area contributed by atoms with Gasteiger partial charge in [0.25, 0.3) is 0 Å². The third-order valence-electron chi connectivity index (χ3n) is 5.97. The average Bonchev–Trinajstić information content (AvgIpc) is 2.58. The molecular weight excluding hydrogens is 268 g/mol. The number of allylic oxidation sites excluding steroid dienone is 4. The van der Waals surface area contributed by atoms with Gasteiger partial charge in [-0.1, -0.05) is 31.6 Å². The Hall–Kier alpha value is -0.850. The number of hydrogen-bond donors (Lipinski definition) is 0. The Morgan fingerprint density at radius 2 is 1.36 bits per heavy atom. The van der Waals surface area contributed by atoms with E-state index in [2.05, 4.69) is 19.1 Å². The fourth-order valence-corrected chi connectivity index (χ4v) is 4.26. The van der Waals surface area contributed by atoms with Crippen LogP contribution in [-0.2, 0) is 4.79 Å². The molecule has 0 aliphatic heterocycles. The molecule has 2 rings (SSSR count). The molecule has 2 aliphatic rings. The SMILES string of the molecule is CC[C@H]1CC[C@H](C=C[C@H]2CC[C@H](CCC=CC=O)CC2)CC1. The number of hydrogen-bond acceptors (Lipinski definition) is 1. The highest BCUT2D eigenvalue weighted by atomic mass is 16.1. The maximum Gasteiger partial charge on any atom is 0.142 e. The summed E-state index contributed by atoms with van der Waals surface area (Å²) >= 11 is 0. The second-order valence-electron chi connectivity index (χ2n) is 7.50. The van der Waals surface area contributed by atoms with Gasteiger partial charge < -0.3 is 0 Å². The maximum atomic E-state index is 10.2. The summed E-state index contributed by atoms with van der Waals surface area (Å²) in [7, 11) is 0. The first kappa shape index (κ1) is 17.5. The molecule has 0 aromatic rings. The van der Waals surface area contributed by atoms with Crippen LogP contribution in [0.2, 0.25) is 0 Å². The van der Waals surface area contributed by atoms with Gasteiger partial charge in [-0.15, -0.1) is 0 Å². The molecule has 1 heteroatoms. The molecule has 0 bridgehead atoms. The summed E-state index contributed by atoms with van der Waals surface area (Å²) in [5.41, 5.74) is 0. The molecule has 124 valence electrons. The number of rotatable bonds is 7. The van der Waals surface area contributed by atoms with Gasteiger partial charge in [-0.05, 0) is 94.0 Å². The van der Waals surface area contributed by atoms with E-state index >= 15 is 0 Å². The zero-order chi connectivity index (χ0) is 15.6. The van der Waals surface area contributed by atoms with E-state index < -0.39 is 0 Å². The minimum Gasteiger partial charge on any atom is -0.299 e. The van der Waals surface area contributed by atoms with Crippen molar-refractivity contribution in [2.24, 2.45) is 23.7 Å². The van der Waals surface area contributed by atoms with Crippen molar-refractivity contribution in [3.8, 4) is 0 Å². The van der Waals surface area contributed by atoms with E-state index in [4.69, 9.17) is 0 Å². The van der Waals surface area contributed by atoms with Crippen LogP contribution < -0.4 is 0 Å². The minimum absolute atomic E-state index is 0.839. The van der Waals surface area contributed by atoms with Crippen LogP contribution in [0.3, 0.4) is 0 Å². The Morgan fingerprint density at radius 3 is 1.86 bits per heavy atom. The van der Waals surface area contributed by atoms with Crippen LogP contribution in [0, 0.1) is 23.7 Å². The highest BCUT2D eigenvalue weighted by Crippen LogP contribution is 2.35. The first-order valence-corrected chi connectivity index (χ1v) is 9.60. The van der Waals surface area contributed by atoms with Crippen molar-refractivity contribution in [2.45, 2.75) is 77.6 Å². The van der Waals surface area contributed by atoms with Gasteiger partial charge in [0.2, 0.25) is 0 Å². The Labute approximate surface area is 137 Å². The van der Waals surface area contributed by atoms with Crippen molar-refractivity contribution in [1.29, 1.82) is 0 Å². The predicted octanol–water partition coefficient (Wildman–Crippen LogP) is 6.10. The van der Waals surface area contributed by atoms with Crippen LogP contribution in [0.25, 0.3) is 0 Å². The van der Waals surface area contributed by atoms with E-state index in [0.29, 0.717) is 0 Å². The van der Waals surface area contributed by atoms with E-state index in [1.165, 1.54) is 64.2 Å². The highest BCUT2D eigenvalue weighted by molar-refractivity contribution is 5.64. The molecule has 22 heavy (non-hydrogen) atoms. The van der Waals surface area contributed by atoms with E-state index in [9.17, 15) is 4.79 Å². The van der Waals surface area contributed by atoms with Gasteiger partial charge in [0, 0.05) is 0 Å². The van der Waals surface area contributed by atoms with Crippen LogP contribution in [0.5, 0.6) is 0 Å². The normalized spacial score (nSPS) is 33.5. The molecule has 0 atom stereocenters. The van der Waals surface area contributed by atoms with Gasteiger partial charge >= 0.3 is 0 Å². The molecule has 0 aromatic carbocycles. The van der Waals surface area contributed by atoms with Crippen molar-refractivity contribution in [1.82, 2.24) is 0 Å². The molecule has 0 heterocycles. The number of carbonyl (C=O) groups excluding carboxylic acids is 1. The molecular formula is C21H34O. The topological polar surface area (TPSA) is 17.1 Å². The third-order valence-corrected chi connectivity index (χ3v) is 5.97. The lowest BCUT2D eigenvalue weighted by molar-refractivity contribution is -0.104. The van der Waals surface area contributed by atoms with Crippen LogP contribution in [-0.4, -0.2) is 6.29 Å². The fourth-order valence-electron chi connectivity index (χ4n) is 4.26. The fraction of sp³-hybridized carbons (Fsp3) is 0.762. The first-order valence-electron chi connectivity index (χ1n) is 9.60. The summed E-state index contributed by atoms with van der Waals surface area (Å²) in [4.78, 5) is 10.2. The minimum atomic E-state index is 0.839. The monoisotopic (exact) mass is 302 g/mol. The molecule has 0 saturated heterocycles. The Balaban J connectivity index is 1.61. The maximum absolute atomic E-state index is 10.2. The smallest absolute Gasteiger partial charge is 0.142 e. The Bertz CT molecular complexity index is 352.